The van der Waals surface area contributed by atoms with E-state index in [9.17, 15) is 19.5 Å². The minimum Gasteiger partial charge on any atom is -0.481 e. The van der Waals surface area contributed by atoms with Crippen LogP contribution >= 0.6 is 11.3 Å². The molecule has 0 bridgehead atoms. The monoisotopic (exact) mass is 491 g/mol. The van der Waals surface area contributed by atoms with Crippen LogP contribution in [0.4, 0.5) is 9.93 Å². The summed E-state index contributed by atoms with van der Waals surface area (Å²) in [5.74, 6) is -1.79. The molecule has 2 N–H and O–H groups in total. The van der Waals surface area contributed by atoms with Crippen molar-refractivity contribution in [3.8, 4) is 11.1 Å². The molecule has 180 valence electrons. The molecule has 2 amide bonds. The van der Waals surface area contributed by atoms with Crippen molar-refractivity contribution in [2.75, 3.05) is 18.5 Å². The second-order valence-electron chi connectivity index (χ2n) is 8.90. The summed E-state index contributed by atoms with van der Waals surface area (Å²) in [6.45, 7) is 2.26. The first-order chi connectivity index (χ1) is 16.9. The topological polar surface area (TPSA) is 109 Å². The molecule has 0 radical (unpaired) electrons. The predicted molar refractivity (Wildman–Crippen MR) is 132 cm³/mol. The highest BCUT2D eigenvalue weighted by Gasteiger charge is 2.34. The van der Waals surface area contributed by atoms with Gasteiger partial charge in [0, 0.05) is 18.5 Å². The Kier molecular flexibility index (Phi) is 6.25. The lowest BCUT2D eigenvalue weighted by molar-refractivity contribution is -0.143. The number of fused-ring (bicyclic) bond motifs is 3. The molecule has 1 aliphatic heterocycles. The molecule has 1 fully saturated rings. The zero-order chi connectivity index (χ0) is 24.5. The summed E-state index contributed by atoms with van der Waals surface area (Å²) >= 11 is 1.05. The van der Waals surface area contributed by atoms with Crippen molar-refractivity contribution >= 4 is 34.4 Å². The summed E-state index contributed by atoms with van der Waals surface area (Å²) in [6, 6.07) is 16.2. The van der Waals surface area contributed by atoms with Crippen molar-refractivity contribution in [3.05, 3.63) is 70.7 Å². The third-order valence-corrected chi connectivity index (χ3v) is 7.66. The third kappa shape index (κ3) is 4.51. The second-order valence-corrected chi connectivity index (χ2v) is 9.93. The smallest absolute Gasteiger partial charge is 0.413 e. The van der Waals surface area contributed by atoms with E-state index in [1.54, 1.807) is 4.90 Å². The number of thiazole rings is 1. The van der Waals surface area contributed by atoms with Gasteiger partial charge in [-0.05, 0) is 42.0 Å². The molecular weight excluding hydrogens is 466 g/mol. The molecular formula is C26H25N3O5S. The number of aliphatic carboxylic acids is 1. The van der Waals surface area contributed by atoms with E-state index in [0.29, 0.717) is 17.7 Å². The number of hydrogen-bond donors (Lipinski definition) is 2. The maximum atomic E-state index is 13.0. The molecule has 0 saturated carbocycles. The number of hydrogen-bond acceptors (Lipinski definition) is 6. The molecule has 1 aromatic heterocycles. The fourth-order valence-corrected chi connectivity index (χ4v) is 5.64. The predicted octanol–water partition coefficient (Wildman–Crippen LogP) is 4.83. The van der Waals surface area contributed by atoms with Crippen LogP contribution in [0.15, 0.2) is 54.7 Å². The molecule has 1 saturated heterocycles. The Bertz CT molecular complexity index is 1240. The Morgan fingerprint density at radius 3 is 2.40 bits per heavy atom. The molecule has 35 heavy (non-hydrogen) atoms. The van der Waals surface area contributed by atoms with Gasteiger partial charge in [0.2, 0.25) is 0 Å². The Morgan fingerprint density at radius 1 is 1.09 bits per heavy atom. The van der Waals surface area contributed by atoms with E-state index >= 15 is 0 Å². The largest absolute Gasteiger partial charge is 0.481 e. The summed E-state index contributed by atoms with van der Waals surface area (Å²) in [5, 5.41) is 12.2. The lowest BCUT2D eigenvalue weighted by Crippen LogP contribution is -2.47. The van der Waals surface area contributed by atoms with Gasteiger partial charge in [-0.25, -0.2) is 9.78 Å². The van der Waals surface area contributed by atoms with Gasteiger partial charge in [-0.2, -0.15) is 0 Å². The zero-order valence-electron chi connectivity index (χ0n) is 19.1. The Hall–Kier alpha value is -3.72. The molecule has 9 heteroatoms. The van der Waals surface area contributed by atoms with Crippen LogP contribution in [0.3, 0.4) is 0 Å². The number of benzene rings is 2. The molecule has 1 aliphatic carbocycles. The minimum atomic E-state index is -0.892. The van der Waals surface area contributed by atoms with Crippen molar-refractivity contribution in [2.45, 2.75) is 31.7 Å². The zero-order valence-corrected chi connectivity index (χ0v) is 20.0. The number of likely N-dealkylation sites (tertiary alicyclic amines) is 1. The minimum absolute atomic E-state index is 0.0515. The van der Waals surface area contributed by atoms with E-state index in [2.05, 4.69) is 34.6 Å². The van der Waals surface area contributed by atoms with Gasteiger partial charge in [-0.1, -0.05) is 59.9 Å². The number of carboxylic acids is 1. The van der Waals surface area contributed by atoms with E-state index in [4.69, 9.17) is 4.74 Å². The first kappa shape index (κ1) is 23.0. The number of amides is 2. The highest BCUT2D eigenvalue weighted by molar-refractivity contribution is 7.17. The average molecular weight is 492 g/mol. The van der Waals surface area contributed by atoms with Gasteiger partial charge in [0.25, 0.3) is 5.91 Å². The number of carbonyl (C=O) groups is 3. The quantitative estimate of drug-likeness (QED) is 0.529. The van der Waals surface area contributed by atoms with Gasteiger partial charge >= 0.3 is 12.1 Å². The third-order valence-electron chi connectivity index (χ3n) is 6.76. The maximum Gasteiger partial charge on any atom is 0.413 e. The van der Waals surface area contributed by atoms with E-state index in [-0.39, 0.29) is 36.2 Å². The highest BCUT2D eigenvalue weighted by atomic mass is 32.1. The number of nitrogens with zero attached hydrogens (tertiary/aromatic N) is 2. The maximum absolute atomic E-state index is 13.0. The summed E-state index contributed by atoms with van der Waals surface area (Å²) in [7, 11) is 0. The van der Waals surface area contributed by atoms with Crippen LogP contribution in [0.25, 0.3) is 11.1 Å². The Balaban J connectivity index is 1.22. The van der Waals surface area contributed by atoms with Gasteiger partial charge < -0.3 is 14.7 Å². The van der Waals surface area contributed by atoms with Crippen molar-refractivity contribution in [2.24, 2.45) is 5.92 Å². The molecule has 3 aromatic rings. The molecule has 2 aromatic carbocycles. The molecule has 2 aliphatic rings. The standard InChI is InChI=1S/C26H25N3O5S/c1-15-10-11-16(24(31)32)13-29(15)23(30)22-12-27-25(35-22)28-26(33)34-14-21-19-8-4-2-6-17(19)18-7-3-5-9-20(18)21/h2-9,12,15-16,21H,10-11,13-14H2,1H3,(H,31,32)(H,27,28,33). The average Bonchev–Trinajstić information content (AvgIpc) is 3.45. The van der Waals surface area contributed by atoms with Crippen LogP contribution in [0.5, 0.6) is 0 Å². The first-order valence-corrected chi connectivity index (χ1v) is 12.4. The molecule has 8 nitrogen and oxygen atoms in total. The van der Waals surface area contributed by atoms with Crippen LogP contribution in [-0.4, -0.2) is 52.2 Å². The Morgan fingerprint density at radius 2 is 1.74 bits per heavy atom. The fraction of sp³-hybridized carbons (Fsp3) is 0.308. The van der Waals surface area contributed by atoms with Gasteiger partial charge in [-0.15, -0.1) is 0 Å². The summed E-state index contributed by atoms with van der Waals surface area (Å²) in [4.78, 5) is 42.9. The van der Waals surface area contributed by atoms with Crippen molar-refractivity contribution in [3.63, 3.8) is 0 Å². The summed E-state index contributed by atoms with van der Waals surface area (Å²) < 4.78 is 5.54. The van der Waals surface area contributed by atoms with Gasteiger partial charge in [-0.3, -0.25) is 14.9 Å². The van der Waals surface area contributed by atoms with E-state index in [1.165, 1.54) is 6.20 Å². The van der Waals surface area contributed by atoms with E-state index in [1.807, 2.05) is 31.2 Å². The van der Waals surface area contributed by atoms with E-state index < -0.39 is 18.0 Å². The number of anilines is 1. The molecule has 2 unspecified atom stereocenters. The van der Waals surface area contributed by atoms with Crippen LogP contribution in [0, 0.1) is 5.92 Å². The normalized spacial score (nSPS) is 19.1. The first-order valence-electron chi connectivity index (χ1n) is 11.5. The number of carbonyl (C=O) groups excluding carboxylic acids is 2. The molecule has 2 atom stereocenters. The SMILES string of the molecule is CC1CCC(C(=O)O)CN1C(=O)c1cnc(NC(=O)OCC2c3ccccc3-c3ccccc32)s1. The van der Waals surface area contributed by atoms with Gasteiger partial charge in [0.05, 0.1) is 12.1 Å². The Labute approximate surface area is 206 Å². The number of ether oxygens (including phenoxy) is 1. The molecule has 0 spiro atoms. The van der Waals surface area contributed by atoms with Crippen molar-refractivity contribution < 1.29 is 24.2 Å². The lowest BCUT2D eigenvalue weighted by atomic mass is 9.93. The van der Waals surface area contributed by atoms with Crippen LogP contribution in [0.2, 0.25) is 0 Å². The number of carboxylic acid groups (broad SMARTS) is 1. The number of rotatable bonds is 5. The van der Waals surface area contributed by atoms with Crippen LogP contribution in [0.1, 0.15) is 46.5 Å². The summed E-state index contributed by atoms with van der Waals surface area (Å²) in [5.41, 5.74) is 4.55. The van der Waals surface area contributed by atoms with Crippen LogP contribution < -0.4 is 5.32 Å². The van der Waals surface area contributed by atoms with Crippen molar-refractivity contribution in [1.29, 1.82) is 0 Å². The summed E-state index contributed by atoms with van der Waals surface area (Å²) in [6.07, 6.45) is 1.95. The fourth-order valence-electron chi connectivity index (χ4n) is 4.89. The number of nitrogens with one attached hydrogen (secondary N) is 1. The van der Waals surface area contributed by atoms with Crippen molar-refractivity contribution in [1.82, 2.24) is 9.88 Å². The lowest BCUT2D eigenvalue weighted by Gasteiger charge is -2.36. The number of piperidine rings is 1. The van der Waals surface area contributed by atoms with Gasteiger partial charge in [0.1, 0.15) is 11.5 Å². The number of aromatic nitrogens is 1. The molecule has 2 heterocycles. The second kappa shape index (κ2) is 9.50. The van der Waals surface area contributed by atoms with E-state index in [0.717, 1.165) is 33.6 Å². The van der Waals surface area contributed by atoms with Gasteiger partial charge in [0.15, 0.2) is 5.13 Å². The van der Waals surface area contributed by atoms with Crippen LogP contribution in [-0.2, 0) is 9.53 Å². The molecule has 5 rings (SSSR count). The highest BCUT2D eigenvalue weighted by Crippen LogP contribution is 2.44.